The molecular formula is C22H20O6. The third-order valence-corrected chi connectivity index (χ3v) is 4.99. The summed E-state index contributed by atoms with van der Waals surface area (Å²) in [6.07, 6.45) is 3.97. The van der Waals surface area contributed by atoms with E-state index in [1.54, 1.807) is 6.07 Å². The summed E-state index contributed by atoms with van der Waals surface area (Å²) in [7, 11) is 0. The maximum atomic E-state index is 13.3. The number of aromatic hydroxyl groups is 3. The lowest BCUT2D eigenvalue weighted by atomic mass is 9.85. The van der Waals surface area contributed by atoms with Crippen molar-refractivity contribution in [3.8, 4) is 23.0 Å². The van der Waals surface area contributed by atoms with Crippen molar-refractivity contribution in [1.29, 1.82) is 0 Å². The summed E-state index contributed by atoms with van der Waals surface area (Å²) in [6, 6.07) is 5.68. The second-order valence-electron chi connectivity index (χ2n) is 7.15. The van der Waals surface area contributed by atoms with E-state index in [2.05, 4.69) is 0 Å². The molecule has 3 aromatic rings. The maximum Gasteiger partial charge on any atom is 0.181 e. The number of furan rings is 1. The third-order valence-electron chi connectivity index (χ3n) is 4.99. The average molecular weight is 380 g/mol. The van der Waals surface area contributed by atoms with Crippen LogP contribution in [0, 0.1) is 0 Å². The molecule has 1 unspecified atom stereocenters. The van der Waals surface area contributed by atoms with E-state index in [9.17, 15) is 20.1 Å². The highest BCUT2D eigenvalue weighted by molar-refractivity contribution is 6.11. The highest BCUT2D eigenvalue weighted by Crippen LogP contribution is 2.47. The van der Waals surface area contributed by atoms with Crippen LogP contribution in [0.15, 0.2) is 46.6 Å². The number of fused-ring (bicyclic) bond motifs is 2. The van der Waals surface area contributed by atoms with Crippen LogP contribution in [-0.4, -0.2) is 27.7 Å². The highest BCUT2D eigenvalue weighted by Gasteiger charge is 2.37. The fourth-order valence-corrected chi connectivity index (χ4v) is 3.58. The van der Waals surface area contributed by atoms with Crippen LogP contribution >= 0.6 is 0 Å². The Balaban J connectivity index is 1.88. The summed E-state index contributed by atoms with van der Waals surface area (Å²) in [6.45, 7) is 3.96. The van der Waals surface area contributed by atoms with Gasteiger partial charge in [-0.25, -0.2) is 0 Å². The number of hydrogen-bond donors (Lipinski definition) is 3. The number of phenolic OH excluding ortho intramolecular Hbond substituents is 3. The fourth-order valence-electron chi connectivity index (χ4n) is 3.58. The third kappa shape index (κ3) is 2.78. The van der Waals surface area contributed by atoms with E-state index in [0.717, 1.165) is 5.57 Å². The van der Waals surface area contributed by atoms with Crippen LogP contribution in [0.25, 0.3) is 11.0 Å². The molecule has 0 saturated carbocycles. The Labute approximate surface area is 161 Å². The topological polar surface area (TPSA) is 100 Å². The van der Waals surface area contributed by atoms with E-state index in [1.165, 1.54) is 24.5 Å². The number of Topliss-reactive ketones (excluding diaryl/α,β-unsaturated/α-hetero) is 1. The lowest BCUT2D eigenvalue weighted by Crippen LogP contribution is -2.27. The Bertz CT molecular complexity index is 1120. The molecule has 2 heterocycles. The zero-order chi connectivity index (χ0) is 20.0. The molecular weight excluding hydrogens is 360 g/mol. The summed E-state index contributed by atoms with van der Waals surface area (Å²) < 4.78 is 11.5. The van der Waals surface area contributed by atoms with Crippen LogP contribution in [0.1, 0.15) is 41.3 Å². The maximum absolute atomic E-state index is 13.3. The molecule has 6 heteroatoms. The van der Waals surface area contributed by atoms with Gasteiger partial charge in [-0.3, -0.25) is 4.79 Å². The van der Waals surface area contributed by atoms with Crippen molar-refractivity contribution in [1.82, 2.24) is 0 Å². The second-order valence-corrected chi connectivity index (χ2v) is 7.15. The average Bonchev–Trinajstić information content (AvgIpc) is 3.12. The summed E-state index contributed by atoms with van der Waals surface area (Å²) >= 11 is 0. The van der Waals surface area contributed by atoms with Gasteiger partial charge in [-0.05, 0) is 32.4 Å². The lowest BCUT2D eigenvalue weighted by Gasteiger charge is -2.27. The van der Waals surface area contributed by atoms with Gasteiger partial charge < -0.3 is 24.5 Å². The van der Waals surface area contributed by atoms with Crippen molar-refractivity contribution >= 4 is 16.8 Å². The smallest absolute Gasteiger partial charge is 0.181 e. The minimum absolute atomic E-state index is 0.0116. The molecule has 0 saturated heterocycles. The summed E-state index contributed by atoms with van der Waals surface area (Å²) in [5.41, 5.74) is 2.74. The van der Waals surface area contributed by atoms with Gasteiger partial charge >= 0.3 is 0 Å². The Morgan fingerprint density at radius 1 is 1.21 bits per heavy atom. The quantitative estimate of drug-likeness (QED) is 0.582. The number of allylic oxidation sites excluding steroid dienone is 2. The largest absolute Gasteiger partial charge is 0.508 e. The fraction of sp³-hybridized carbons (Fsp3) is 0.227. The van der Waals surface area contributed by atoms with Gasteiger partial charge in [-0.15, -0.1) is 0 Å². The summed E-state index contributed by atoms with van der Waals surface area (Å²) in [5, 5.41) is 30.9. The van der Waals surface area contributed by atoms with Crippen molar-refractivity contribution < 1.29 is 29.3 Å². The molecule has 3 N–H and O–H groups in total. The molecule has 0 aliphatic carbocycles. The van der Waals surface area contributed by atoms with Gasteiger partial charge in [0.15, 0.2) is 5.78 Å². The van der Waals surface area contributed by atoms with Crippen molar-refractivity contribution in [2.75, 3.05) is 6.61 Å². The van der Waals surface area contributed by atoms with Gasteiger partial charge in [0.05, 0.1) is 17.6 Å². The molecule has 4 rings (SSSR count). The standard InChI is InChI=1S/C22H20O6/c1-11(2)3-5-15-21-14(7-8-27-21)19(25)18-20(26)16(10-28-22(15)18)13-6-4-12(23)9-17(13)24/h3-4,6-9,16,23-25H,5,10H2,1-2H3. The van der Waals surface area contributed by atoms with Gasteiger partial charge in [0.1, 0.15) is 40.8 Å². The first-order valence-electron chi connectivity index (χ1n) is 8.95. The number of rotatable bonds is 3. The van der Waals surface area contributed by atoms with Crippen LogP contribution in [0.3, 0.4) is 0 Å². The van der Waals surface area contributed by atoms with Gasteiger partial charge in [0, 0.05) is 17.2 Å². The first-order valence-corrected chi connectivity index (χ1v) is 8.95. The predicted octanol–water partition coefficient (Wildman–Crippen LogP) is 4.42. The molecule has 0 radical (unpaired) electrons. The zero-order valence-electron chi connectivity index (χ0n) is 15.5. The summed E-state index contributed by atoms with van der Waals surface area (Å²) in [4.78, 5) is 13.3. The van der Waals surface area contributed by atoms with E-state index in [-0.39, 0.29) is 35.2 Å². The van der Waals surface area contributed by atoms with Crippen LogP contribution in [0.4, 0.5) is 0 Å². The first-order chi connectivity index (χ1) is 13.4. The van der Waals surface area contributed by atoms with Crippen molar-refractivity contribution in [3.05, 3.63) is 58.9 Å². The van der Waals surface area contributed by atoms with Crippen LogP contribution in [-0.2, 0) is 6.42 Å². The van der Waals surface area contributed by atoms with Gasteiger partial charge in [-0.1, -0.05) is 17.7 Å². The Kier molecular flexibility index (Phi) is 4.26. The number of carbonyl (C=O) groups excluding carboxylic acids is 1. The minimum atomic E-state index is -0.792. The van der Waals surface area contributed by atoms with Crippen molar-refractivity contribution in [2.24, 2.45) is 0 Å². The molecule has 0 amide bonds. The number of phenols is 3. The SMILES string of the molecule is CC(C)=CCc1c2c(c(O)c3ccoc13)C(=O)C(c1ccc(O)cc1O)CO2. The molecule has 28 heavy (non-hydrogen) atoms. The number of carbonyl (C=O) groups is 1. The first kappa shape index (κ1) is 18.0. The monoisotopic (exact) mass is 380 g/mol. The number of benzene rings is 2. The van der Waals surface area contributed by atoms with E-state index in [4.69, 9.17) is 9.15 Å². The molecule has 1 atom stereocenters. The molecule has 144 valence electrons. The van der Waals surface area contributed by atoms with Crippen LogP contribution in [0.2, 0.25) is 0 Å². The number of ketones is 1. The lowest BCUT2D eigenvalue weighted by molar-refractivity contribution is 0.0889. The molecule has 0 bridgehead atoms. The predicted molar refractivity (Wildman–Crippen MR) is 103 cm³/mol. The summed E-state index contributed by atoms with van der Waals surface area (Å²) in [5.74, 6) is -1.30. The van der Waals surface area contributed by atoms with Crippen molar-refractivity contribution in [2.45, 2.75) is 26.2 Å². The Morgan fingerprint density at radius 2 is 2.00 bits per heavy atom. The second kappa shape index (κ2) is 6.64. The van der Waals surface area contributed by atoms with Gasteiger partial charge in [0.2, 0.25) is 0 Å². The van der Waals surface area contributed by atoms with Gasteiger partial charge in [-0.2, -0.15) is 0 Å². The molecule has 0 spiro atoms. The normalized spacial score (nSPS) is 15.9. The van der Waals surface area contributed by atoms with Crippen molar-refractivity contribution in [3.63, 3.8) is 0 Å². The molecule has 6 nitrogen and oxygen atoms in total. The molecule has 1 aromatic heterocycles. The molecule has 0 fully saturated rings. The van der Waals surface area contributed by atoms with E-state index in [1.807, 2.05) is 19.9 Å². The van der Waals surface area contributed by atoms with Gasteiger partial charge in [0.25, 0.3) is 0 Å². The number of ether oxygens (including phenoxy) is 1. The number of hydrogen-bond acceptors (Lipinski definition) is 6. The highest BCUT2D eigenvalue weighted by atomic mass is 16.5. The van der Waals surface area contributed by atoms with Crippen LogP contribution < -0.4 is 4.74 Å². The van der Waals surface area contributed by atoms with Crippen LogP contribution in [0.5, 0.6) is 23.0 Å². The van der Waals surface area contributed by atoms with E-state index >= 15 is 0 Å². The minimum Gasteiger partial charge on any atom is -0.508 e. The van der Waals surface area contributed by atoms with E-state index in [0.29, 0.717) is 34.3 Å². The molecule has 1 aliphatic rings. The Morgan fingerprint density at radius 3 is 2.71 bits per heavy atom. The molecule has 2 aromatic carbocycles. The van der Waals surface area contributed by atoms with E-state index < -0.39 is 5.92 Å². The molecule has 1 aliphatic heterocycles. The Hall–Kier alpha value is -3.41. The zero-order valence-corrected chi connectivity index (χ0v) is 15.5.